The third-order valence-corrected chi connectivity index (χ3v) is 6.27. The van der Waals surface area contributed by atoms with E-state index in [1.165, 1.54) is 11.8 Å². The van der Waals surface area contributed by atoms with Gasteiger partial charge in [-0.05, 0) is 18.9 Å². The first kappa shape index (κ1) is 22.4. The van der Waals surface area contributed by atoms with Gasteiger partial charge in [0.05, 0.1) is 17.2 Å². The summed E-state index contributed by atoms with van der Waals surface area (Å²) in [5, 5.41) is 0. The summed E-state index contributed by atoms with van der Waals surface area (Å²) in [6, 6.07) is 9.51. The number of benzene rings is 1. The van der Waals surface area contributed by atoms with Gasteiger partial charge in [0.15, 0.2) is 0 Å². The fraction of sp³-hybridized carbons (Fsp3) is 0.524. The molecule has 1 aliphatic heterocycles. The molecule has 1 aromatic carbocycles. The summed E-state index contributed by atoms with van der Waals surface area (Å²) < 4.78 is 5.13. The van der Waals surface area contributed by atoms with Crippen LogP contribution < -0.4 is 0 Å². The summed E-state index contributed by atoms with van der Waals surface area (Å²) in [6.45, 7) is 14.1. The fourth-order valence-electron chi connectivity index (χ4n) is 3.19. The quantitative estimate of drug-likeness (QED) is 0.361. The molecule has 0 saturated carbocycles. The third-order valence-electron chi connectivity index (χ3n) is 4.60. The third kappa shape index (κ3) is 6.05. The van der Waals surface area contributed by atoms with E-state index in [0.717, 1.165) is 12.0 Å². The number of ether oxygens (including phenoxy) is 1. The maximum Gasteiger partial charge on any atom is 0.322 e. The second-order valence-corrected chi connectivity index (χ2v) is 9.89. The van der Waals surface area contributed by atoms with Crippen LogP contribution in [0.15, 0.2) is 30.3 Å². The van der Waals surface area contributed by atoms with Crippen molar-refractivity contribution in [1.82, 2.24) is 4.90 Å². The smallest absolute Gasteiger partial charge is 0.322 e. The highest BCUT2D eigenvalue weighted by Gasteiger charge is 2.45. The van der Waals surface area contributed by atoms with Gasteiger partial charge >= 0.3 is 5.97 Å². The Morgan fingerprint density at radius 3 is 2.57 bits per heavy atom. The molecule has 0 bridgehead atoms. The molecule has 1 saturated heterocycles. The van der Waals surface area contributed by atoms with Gasteiger partial charge in [-0.1, -0.05) is 54.3 Å². The van der Waals surface area contributed by atoms with Gasteiger partial charge in [-0.15, -0.1) is 0 Å². The Bertz CT molecular complexity index is 774. The molecule has 2 rings (SSSR count). The van der Waals surface area contributed by atoms with Crippen molar-refractivity contribution in [1.29, 1.82) is 0 Å². The molecule has 1 aromatic rings. The summed E-state index contributed by atoms with van der Waals surface area (Å²) in [4.78, 5) is 30.0. The molecule has 1 atom stereocenters. The van der Waals surface area contributed by atoms with Crippen molar-refractivity contribution in [2.45, 2.75) is 50.3 Å². The van der Waals surface area contributed by atoms with Crippen molar-refractivity contribution >= 4 is 40.1 Å². The summed E-state index contributed by atoms with van der Waals surface area (Å²) in [7, 11) is 0. The number of likely N-dealkylation sites (tertiary alicyclic amines) is 1. The predicted molar refractivity (Wildman–Crippen MR) is 116 cm³/mol. The van der Waals surface area contributed by atoms with E-state index in [4.69, 9.17) is 23.5 Å². The van der Waals surface area contributed by atoms with Crippen LogP contribution >= 0.6 is 24.0 Å². The number of thioether (sulfide) groups is 1. The minimum Gasteiger partial charge on any atom is -0.463 e. The van der Waals surface area contributed by atoms with E-state index in [0.29, 0.717) is 30.1 Å². The fourth-order valence-corrected chi connectivity index (χ4v) is 5.11. The number of esters is 1. The van der Waals surface area contributed by atoms with E-state index in [-0.39, 0.29) is 12.5 Å². The van der Waals surface area contributed by atoms with Gasteiger partial charge in [-0.3, -0.25) is 9.59 Å². The Morgan fingerprint density at radius 1 is 1.32 bits per heavy atom. The van der Waals surface area contributed by atoms with E-state index in [1.54, 1.807) is 25.7 Å². The van der Waals surface area contributed by atoms with Crippen LogP contribution in [0, 0.1) is 6.57 Å². The molecule has 5 nitrogen and oxygen atoms in total. The summed E-state index contributed by atoms with van der Waals surface area (Å²) in [5.41, 5.74) is 0.141. The van der Waals surface area contributed by atoms with E-state index in [1.807, 2.05) is 30.3 Å². The van der Waals surface area contributed by atoms with Crippen molar-refractivity contribution < 1.29 is 14.3 Å². The average molecular weight is 419 g/mol. The van der Waals surface area contributed by atoms with Gasteiger partial charge in [0, 0.05) is 26.8 Å². The minimum atomic E-state index is -0.990. The van der Waals surface area contributed by atoms with Gasteiger partial charge in [0.2, 0.25) is 11.4 Å². The van der Waals surface area contributed by atoms with Crippen LogP contribution in [0.2, 0.25) is 0 Å². The van der Waals surface area contributed by atoms with Gasteiger partial charge in [0.1, 0.15) is 11.4 Å². The lowest BCUT2D eigenvalue weighted by atomic mass is 9.92. The topological polar surface area (TPSA) is 51.0 Å². The highest BCUT2D eigenvalue weighted by atomic mass is 32.2. The zero-order valence-electron chi connectivity index (χ0n) is 16.6. The number of rotatable bonds is 8. The highest BCUT2D eigenvalue weighted by molar-refractivity contribution is 8.25. The Labute approximate surface area is 176 Å². The summed E-state index contributed by atoms with van der Waals surface area (Å²) in [5.74, 6) is -0.299. The molecule has 0 aromatic heterocycles. The standard InChI is InChI=1S/C21H26N2O3S2/c1-20(2,22-4)15-21(3,28-18(27)16-9-6-5-7-10-16)19(25)26-14-13-23-12-8-11-17(23)24/h5-7,9-10H,8,11-15H2,1-3H3. The molecule has 1 heterocycles. The molecule has 7 heteroatoms. The van der Waals surface area contributed by atoms with Crippen molar-refractivity contribution in [3.63, 3.8) is 0 Å². The molecule has 1 aliphatic rings. The lowest BCUT2D eigenvalue weighted by Crippen LogP contribution is -2.41. The van der Waals surface area contributed by atoms with Crippen LogP contribution in [0.25, 0.3) is 4.85 Å². The predicted octanol–water partition coefficient (Wildman–Crippen LogP) is 4.11. The molecular formula is C21H26N2O3S2. The SMILES string of the molecule is [C-]#[N+]C(C)(C)CC(C)(SC(=S)c1ccccc1)C(=O)OCCN1CCCC1=O. The van der Waals surface area contributed by atoms with E-state index in [9.17, 15) is 9.59 Å². The first-order valence-corrected chi connectivity index (χ1v) is 10.5. The molecule has 0 aliphatic carbocycles. The molecule has 1 amide bonds. The van der Waals surface area contributed by atoms with Crippen molar-refractivity contribution in [2.75, 3.05) is 19.7 Å². The van der Waals surface area contributed by atoms with Gasteiger partial charge in [-0.2, -0.15) is 0 Å². The molecule has 150 valence electrons. The summed E-state index contributed by atoms with van der Waals surface area (Å²) >= 11 is 6.82. The van der Waals surface area contributed by atoms with Crippen molar-refractivity contribution in [2.24, 2.45) is 0 Å². The molecule has 1 fully saturated rings. The van der Waals surface area contributed by atoms with Gasteiger partial charge in [0.25, 0.3) is 0 Å². The van der Waals surface area contributed by atoms with Crippen LogP contribution in [-0.4, -0.2) is 51.0 Å². The molecule has 1 unspecified atom stereocenters. The number of amides is 1. The number of thiocarbonyl (C=S) groups is 1. The Morgan fingerprint density at radius 2 is 2.00 bits per heavy atom. The number of carbonyl (C=O) groups is 2. The number of carbonyl (C=O) groups excluding carboxylic acids is 2. The number of nitrogens with zero attached hydrogens (tertiary/aromatic N) is 2. The molecule has 28 heavy (non-hydrogen) atoms. The lowest BCUT2D eigenvalue weighted by molar-refractivity contribution is -0.148. The number of hydrogen-bond donors (Lipinski definition) is 0. The first-order chi connectivity index (χ1) is 13.2. The summed E-state index contributed by atoms with van der Waals surface area (Å²) in [6.07, 6.45) is 1.72. The van der Waals surface area contributed by atoms with Crippen LogP contribution in [0.5, 0.6) is 0 Å². The van der Waals surface area contributed by atoms with Crippen molar-refractivity contribution in [3.05, 3.63) is 47.3 Å². The van der Waals surface area contributed by atoms with Crippen LogP contribution in [0.1, 0.15) is 45.6 Å². The molecule has 0 radical (unpaired) electrons. The minimum absolute atomic E-state index is 0.104. The number of hydrogen-bond acceptors (Lipinski definition) is 5. The van der Waals surface area contributed by atoms with E-state index in [2.05, 4.69) is 4.85 Å². The normalized spacial score (nSPS) is 16.4. The van der Waals surface area contributed by atoms with Crippen LogP contribution in [-0.2, 0) is 14.3 Å². The van der Waals surface area contributed by atoms with Crippen LogP contribution in [0.4, 0.5) is 0 Å². The second kappa shape index (κ2) is 9.53. The largest absolute Gasteiger partial charge is 0.463 e. The maximum absolute atomic E-state index is 13.0. The highest BCUT2D eigenvalue weighted by Crippen LogP contribution is 2.38. The maximum atomic E-state index is 13.0. The van der Waals surface area contributed by atoms with Gasteiger partial charge in [-0.25, -0.2) is 6.57 Å². The van der Waals surface area contributed by atoms with E-state index < -0.39 is 16.3 Å². The Hall–Kier alpha value is -1.91. The van der Waals surface area contributed by atoms with Gasteiger partial charge < -0.3 is 14.5 Å². The lowest BCUT2D eigenvalue weighted by Gasteiger charge is -2.30. The zero-order valence-corrected chi connectivity index (χ0v) is 18.2. The Balaban J connectivity index is 2.08. The van der Waals surface area contributed by atoms with Crippen molar-refractivity contribution in [3.8, 4) is 0 Å². The van der Waals surface area contributed by atoms with E-state index >= 15 is 0 Å². The molecule has 0 spiro atoms. The second-order valence-electron chi connectivity index (χ2n) is 7.71. The van der Waals surface area contributed by atoms with Crippen LogP contribution in [0.3, 0.4) is 0 Å². The first-order valence-electron chi connectivity index (χ1n) is 9.29. The zero-order chi connectivity index (χ0) is 20.8. The average Bonchev–Trinajstić information content (AvgIpc) is 3.06. The Kier molecular flexibility index (Phi) is 7.62. The molecule has 0 N–H and O–H groups in total. The monoisotopic (exact) mass is 418 g/mol. The molecular weight excluding hydrogens is 392 g/mol.